The Balaban J connectivity index is 0.00000450. The predicted octanol–water partition coefficient (Wildman–Crippen LogP) is 3.76. The average Bonchev–Trinajstić information content (AvgIpc) is 3.11. The van der Waals surface area contributed by atoms with Crippen molar-refractivity contribution in [3.8, 4) is 5.82 Å². The molecule has 2 aromatic rings. The molecule has 0 aromatic carbocycles. The summed E-state index contributed by atoms with van der Waals surface area (Å²) >= 11 is 0. The molecule has 0 unspecified atom stereocenters. The smallest absolute Gasteiger partial charge is 0.191 e. The number of imidazole rings is 1. The summed E-state index contributed by atoms with van der Waals surface area (Å²) in [4.78, 5) is 16.0. The highest BCUT2D eigenvalue weighted by Crippen LogP contribution is 2.09. The summed E-state index contributed by atoms with van der Waals surface area (Å²) in [7, 11) is 0. The number of guanidine groups is 1. The molecule has 7 nitrogen and oxygen atoms in total. The largest absolute Gasteiger partial charge is 0.357 e. The molecule has 0 bridgehead atoms. The number of aliphatic imine (C=N–C) groups is 1. The summed E-state index contributed by atoms with van der Waals surface area (Å²) in [5.41, 5.74) is 1.08. The zero-order valence-electron chi connectivity index (χ0n) is 19.2. The summed E-state index contributed by atoms with van der Waals surface area (Å²) in [5.74, 6) is 2.65. The molecule has 2 heterocycles. The molecule has 8 heteroatoms. The third-order valence-electron chi connectivity index (χ3n) is 4.86. The van der Waals surface area contributed by atoms with Gasteiger partial charge in [-0.15, -0.1) is 24.0 Å². The van der Waals surface area contributed by atoms with Crippen LogP contribution in [0.15, 0.2) is 35.7 Å². The monoisotopic (exact) mass is 527 g/mol. The first-order valence-electron chi connectivity index (χ1n) is 10.7. The van der Waals surface area contributed by atoms with Crippen molar-refractivity contribution in [2.24, 2.45) is 4.99 Å². The lowest BCUT2D eigenvalue weighted by molar-refractivity contribution is 0.173. The van der Waals surface area contributed by atoms with Gasteiger partial charge in [-0.25, -0.2) is 15.0 Å². The van der Waals surface area contributed by atoms with Gasteiger partial charge in [0.05, 0.1) is 6.54 Å². The Morgan fingerprint density at radius 2 is 1.87 bits per heavy atom. The summed E-state index contributed by atoms with van der Waals surface area (Å²) in [5, 5.41) is 6.77. The zero-order valence-corrected chi connectivity index (χ0v) is 21.6. The maximum absolute atomic E-state index is 4.70. The van der Waals surface area contributed by atoms with E-state index in [4.69, 9.17) is 4.99 Å². The fourth-order valence-corrected chi connectivity index (χ4v) is 3.37. The molecule has 0 saturated carbocycles. The molecule has 0 saturated heterocycles. The molecule has 0 aliphatic rings. The molecule has 0 aliphatic heterocycles. The quantitative estimate of drug-likeness (QED) is 0.213. The van der Waals surface area contributed by atoms with Crippen LogP contribution in [-0.2, 0) is 6.54 Å². The fraction of sp³-hybridized carbons (Fsp3) is 0.591. The lowest BCUT2D eigenvalue weighted by Crippen LogP contribution is -2.41. The van der Waals surface area contributed by atoms with Gasteiger partial charge in [-0.3, -0.25) is 9.47 Å². The predicted molar refractivity (Wildman–Crippen MR) is 136 cm³/mol. The maximum Gasteiger partial charge on any atom is 0.191 e. The van der Waals surface area contributed by atoms with Crippen LogP contribution in [0.3, 0.4) is 0 Å². The van der Waals surface area contributed by atoms with E-state index in [0.29, 0.717) is 18.6 Å². The van der Waals surface area contributed by atoms with Gasteiger partial charge < -0.3 is 10.6 Å². The summed E-state index contributed by atoms with van der Waals surface area (Å²) in [6, 6.07) is 5.21. The van der Waals surface area contributed by atoms with Gasteiger partial charge in [0.2, 0.25) is 0 Å². The van der Waals surface area contributed by atoms with Crippen LogP contribution in [0.1, 0.15) is 52.4 Å². The highest BCUT2D eigenvalue weighted by molar-refractivity contribution is 14.0. The molecule has 30 heavy (non-hydrogen) atoms. The van der Waals surface area contributed by atoms with Gasteiger partial charge in [-0.1, -0.05) is 6.07 Å². The summed E-state index contributed by atoms with van der Waals surface area (Å²) in [6.07, 6.45) is 6.67. The van der Waals surface area contributed by atoms with Crippen molar-refractivity contribution >= 4 is 29.9 Å². The lowest BCUT2D eigenvalue weighted by Gasteiger charge is -2.30. The number of nitrogens with one attached hydrogen (secondary N) is 2. The second-order valence-corrected chi connectivity index (χ2v) is 7.77. The molecule has 2 rings (SSSR count). The fourth-order valence-electron chi connectivity index (χ4n) is 3.37. The Morgan fingerprint density at radius 1 is 1.13 bits per heavy atom. The van der Waals surface area contributed by atoms with E-state index < -0.39 is 0 Å². The minimum atomic E-state index is 0. The average molecular weight is 527 g/mol. The van der Waals surface area contributed by atoms with Crippen molar-refractivity contribution in [2.75, 3.05) is 19.6 Å². The number of halogens is 1. The number of rotatable bonds is 10. The summed E-state index contributed by atoms with van der Waals surface area (Å²) in [6.45, 7) is 16.5. The van der Waals surface area contributed by atoms with Gasteiger partial charge >= 0.3 is 0 Å². The second-order valence-electron chi connectivity index (χ2n) is 7.77. The van der Waals surface area contributed by atoms with Gasteiger partial charge in [0.1, 0.15) is 11.6 Å². The standard InChI is InChI=1S/C22H37N7.HI/c1-7-23-22(25-11-8-13-28(17(2)3)18(4)5)27-16-20-9-10-21(26-15-20)29-14-12-24-19(29)6;/h9-10,12,14-15,17-18H,7-8,11,13,16H2,1-6H3,(H2,23,25,27);1H. The van der Waals surface area contributed by atoms with Crippen LogP contribution in [0.2, 0.25) is 0 Å². The number of aryl methyl sites for hydroxylation is 1. The molecule has 2 N–H and O–H groups in total. The first kappa shape index (κ1) is 26.4. The SMILES string of the molecule is CCNC(=NCc1ccc(-n2ccnc2C)nc1)NCCCN(C(C)C)C(C)C.I. The second kappa shape index (κ2) is 13.6. The van der Waals surface area contributed by atoms with Gasteiger partial charge in [0.25, 0.3) is 0 Å². The van der Waals surface area contributed by atoms with Gasteiger partial charge in [-0.2, -0.15) is 0 Å². The van der Waals surface area contributed by atoms with Crippen LogP contribution in [0, 0.1) is 6.92 Å². The van der Waals surface area contributed by atoms with Crippen LogP contribution in [0.5, 0.6) is 0 Å². The summed E-state index contributed by atoms with van der Waals surface area (Å²) < 4.78 is 1.97. The van der Waals surface area contributed by atoms with E-state index in [0.717, 1.165) is 49.2 Å². The van der Waals surface area contributed by atoms with E-state index in [-0.39, 0.29) is 24.0 Å². The van der Waals surface area contributed by atoms with E-state index in [2.05, 4.69) is 66.2 Å². The normalized spacial score (nSPS) is 11.8. The third-order valence-corrected chi connectivity index (χ3v) is 4.86. The molecule has 168 valence electrons. The first-order valence-corrected chi connectivity index (χ1v) is 10.7. The van der Waals surface area contributed by atoms with Crippen LogP contribution >= 0.6 is 24.0 Å². The van der Waals surface area contributed by atoms with E-state index in [1.807, 2.05) is 30.0 Å². The van der Waals surface area contributed by atoms with E-state index >= 15 is 0 Å². The molecule has 0 spiro atoms. The number of pyridine rings is 1. The van der Waals surface area contributed by atoms with E-state index in [1.54, 1.807) is 6.20 Å². The lowest BCUT2D eigenvalue weighted by atomic mass is 10.2. The number of nitrogens with zero attached hydrogens (tertiary/aromatic N) is 5. The minimum absolute atomic E-state index is 0. The van der Waals surface area contributed by atoms with Crippen LogP contribution in [0.4, 0.5) is 0 Å². The molecule has 0 amide bonds. The van der Waals surface area contributed by atoms with E-state index in [1.165, 1.54) is 0 Å². The van der Waals surface area contributed by atoms with Gasteiger partial charge in [0.15, 0.2) is 5.96 Å². The Kier molecular flexibility index (Phi) is 11.9. The van der Waals surface area contributed by atoms with Gasteiger partial charge in [0, 0.05) is 50.3 Å². The van der Waals surface area contributed by atoms with Crippen LogP contribution in [0.25, 0.3) is 5.82 Å². The van der Waals surface area contributed by atoms with Crippen molar-refractivity contribution in [1.82, 2.24) is 30.1 Å². The van der Waals surface area contributed by atoms with Crippen molar-refractivity contribution in [2.45, 2.75) is 66.6 Å². The molecule has 0 fully saturated rings. The van der Waals surface area contributed by atoms with Crippen molar-refractivity contribution < 1.29 is 0 Å². The molecule has 0 radical (unpaired) electrons. The molecule has 2 aromatic heterocycles. The van der Waals surface area contributed by atoms with Crippen LogP contribution in [-0.4, -0.2) is 57.1 Å². The Labute approximate surface area is 198 Å². The number of aromatic nitrogens is 3. The zero-order chi connectivity index (χ0) is 21.2. The van der Waals surface area contributed by atoms with Crippen molar-refractivity contribution in [1.29, 1.82) is 0 Å². The highest BCUT2D eigenvalue weighted by atomic mass is 127. The first-order chi connectivity index (χ1) is 13.9. The van der Waals surface area contributed by atoms with Crippen molar-refractivity contribution in [3.05, 3.63) is 42.1 Å². The topological polar surface area (TPSA) is 70.4 Å². The van der Waals surface area contributed by atoms with E-state index in [9.17, 15) is 0 Å². The number of hydrogen-bond acceptors (Lipinski definition) is 4. The minimum Gasteiger partial charge on any atom is -0.357 e. The maximum atomic E-state index is 4.70. The van der Waals surface area contributed by atoms with Gasteiger partial charge in [-0.05, 0) is 59.6 Å². The Hall–Kier alpha value is -1.68. The molecular weight excluding hydrogens is 489 g/mol. The van der Waals surface area contributed by atoms with Crippen molar-refractivity contribution in [3.63, 3.8) is 0 Å². The Bertz CT molecular complexity index is 745. The number of hydrogen-bond donors (Lipinski definition) is 2. The van der Waals surface area contributed by atoms with Crippen LogP contribution < -0.4 is 10.6 Å². The molecule has 0 aliphatic carbocycles. The molecular formula is C22H38IN7. The Morgan fingerprint density at radius 3 is 2.40 bits per heavy atom. The third kappa shape index (κ3) is 8.22. The highest BCUT2D eigenvalue weighted by Gasteiger charge is 2.12. The molecule has 0 atom stereocenters.